The molecule has 0 aromatic carbocycles. The van der Waals surface area contributed by atoms with Gasteiger partial charge in [0.25, 0.3) is 0 Å². The molecular formula is C13H17N3. The Bertz CT molecular complexity index is 530. The average molecular weight is 215 g/mol. The van der Waals surface area contributed by atoms with Gasteiger partial charge in [-0.3, -0.25) is 4.40 Å². The van der Waals surface area contributed by atoms with Crippen LogP contribution in [0.25, 0.3) is 5.65 Å². The molecule has 3 nitrogen and oxygen atoms in total. The first-order chi connectivity index (χ1) is 7.55. The van der Waals surface area contributed by atoms with Crippen molar-refractivity contribution in [2.24, 2.45) is 0 Å². The zero-order valence-corrected chi connectivity index (χ0v) is 10.1. The highest BCUT2D eigenvalue weighted by molar-refractivity contribution is 5.40. The lowest BCUT2D eigenvalue weighted by Crippen LogP contribution is -2.13. The maximum absolute atomic E-state index is 4.48. The van der Waals surface area contributed by atoms with Crippen LogP contribution < -0.4 is 0 Å². The Morgan fingerprint density at radius 3 is 2.56 bits per heavy atom. The Kier molecular flexibility index (Phi) is 1.88. The van der Waals surface area contributed by atoms with Crippen molar-refractivity contribution < 1.29 is 0 Å². The first kappa shape index (κ1) is 9.82. The monoisotopic (exact) mass is 215 g/mol. The fourth-order valence-electron chi connectivity index (χ4n) is 1.93. The normalized spacial score (nSPS) is 16.9. The maximum atomic E-state index is 4.48. The van der Waals surface area contributed by atoms with Crippen molar-refractivity contribution in [1.82, 2.24) is 14.4 Å². The third kappa shape index (κ3) is 1.51. The van der Waals surface area contributed by atoms with E-state index in [0.717, 1.165) is 5.65 Å². The molecule has 2 aromatic rings. The summed E-state index contributed by atoms with van der Waals surface area (Å²) in [7, 11) is 0. The lowest BCUT2D eigenvalue weighted by Gasteiger charge is -2.18. The van der Waals surface area contributed by atoms with E-state index >= 15 is 0 Å². The highest BCUT2D eigenvalue weighted by atomic mass is 15.1. The zero-order chi connectivity index (χ0) is 11.3. The Balaban J connectivity index is 2.17. The van der Waals surface area contributed by atoms with E-state index in [0.29, 0.717) is 5.92 Å². The van der Waals surface area contributed by atoms with Crippen molar-refractivity contribution in [3.05, 3.63) is 30.0 Å². The molecule has 0 bridgehead atoms. The summed E-state index contributed by atoms with van der Waals surface area (Å²) in [5.74, 6) is 1.85. The molecule has 2 heterocycles. The fraction of sp³-hybridized carbons (Fsp3) is 0.538. The van der Waals surface area contributed by atoms with Crippen molar-refractivity contribution in [2.75, 3.05) is 0 Å². The van der Waals surface area contributed by atoms with Gasteiger partial charge < -0.3 is 0 Å². The largest absolute Gasteiger partial charge is 0.288 e. The van der Waals surface area contributed by atoms with Crippen LogP contribution in [0.4, 0.5) is 0 Å². The van der Waals surface area contributed by atoms with Crippen molar-refractivity contribution in [3.8, 4) is 0 Å². The van der Waals surface area contributed by atoms with E-state index in [1.54, 1.807) is 0 Å². The minimum Gasteiger partial charge on any atom is -0.288 e. The number of aromatic nitrogens is 3. The quantitative estimate of drug-likeness (QED) is 0.732. The van der Waals surface area contributed by atoms with Crippen LogP contribution in [-0.4, -0.2) is 14.4 Å². The third-order valence-corrected chi connectivity index (χ3v) is 3.22. The first-order valence-corrected chi connectivity index (χ1v) is 5.89. The molecule has 0 unspecified atom stereocenters. The molecule has 84 valence electrons. The van der Waals surface area contributed by atoms with Crippen LogP contribution in [0.2, 0.25) is 0 Å². The molecule has 0 N–H and O–H groups in total. The second-order valence-electron chi connectivity index (χ2n) is 5.71. The number of imidazole rings is 1. The molecule has 0 aliphatic heterocycles. The van der Waals surface area contributed by atoms with Gasteiger partial charge in [-0.15, -0.1) is 0 Å². The molecular weight excluding hydrogens is 198 g/mol. The standard InChI is InChI=1S/C13H17N3/c1-13(2,3)10-6-14-11-7-15-12(9-4-5-9)16(11)8-10/h6-9H,4-5H2,1-3H3. The molecule has 16 heavy (non-hydrogen) atoms. The highest BCUT2D eigenvalue weighted by Gasteiger charge is 2.28. The summed E-state index contributed by atoms with van der Waals surface area (Å²) in [6.07, 6.45) is 8.59. The van der Waals surface area contributed by atoms with Crippen LogP contribution in [0.3, 0.4) is 0 Å². The summed E-state index contributed by atoms with van der Waals surface area (Å²) < 4.78 is 2.16. The summed E-state index contributed by atoms with van der Waals surface area (Å²) >= 11 is 0. The van der Waals surface area contributed by atoms with Gasteiger partial charge in [-0.05, 0) is 23.8 Å². The van der Waals surface area contributed by atoms with Crippen LogP contribution in [0.5, 0.6) is 0 Å². The molecule has 0 spiro atoms. The first-order valence-electron chi connectivity index (χ1n) is 5.89. The smallest absolute Gasteiger partial charge is 0.156 e. The van der Waals surface area contributed by atoms with Crippen LogP contribution in [-0.2, 0) is 5.41 Å². The molecule has 3 rings (SSSR count). The third-order valence-electron chi connectivity index (χ3n) is 3.22. The van der Waals surface area contributed by atoms with Crippen LogP contribution >= 0.6 is 0 Å². The van der Waals surface area contributed by atoms with Gasteiger partial charge in [0.15, 0.2) is 5.65 Å². The molecule has 3 heteroatoms. The van der Waals surface area contributed by atoms with Crippen LogP contribution in [0, 0.1) is 0 Å². The van der Waals surface area contributed by atoms with E-state index < -0.39 is 0 Å². The van der Waals surface area contributed by atoms with E-state index in [1.165, 1.54) is 24.2 Å². The van der Waals surface area contributed by atoms with E-state index in [-0.39, 0.29) is 5.41 Å². The molecule has 0 saturated heterocycles. The second kappa shape index (κ2) is 3.06. The molecule has 0 radical (unpaired) electrons. The van der Waals surface area contributed by atoms with Crippen molar-refractivity contribution in [1.29, 1.82) is 0 Å². The van der Waals surface area contributed by atoms with Gasteiger partial charge in [-0.25, -0.2) is 9.97 Å². The van der Waals surface area contributed by atoms with Crippen LogP contribution in [0.1, 0.15) is 50.9 Å². The number of fused-ring (bicyclic) bond motifs is 1. The Hall–Kier alpha value is -1.38. The number of hydrogen-bond acceptors (Lipinski definition) is 2. The summed E-state index contributed by atoms with van der Waals surface area (Å²) in [6, 6.07) is 0. The summed E-state index contributed by atoms with van der Waals surface area (Å²) in [5, 5.41) is 0. The summed E-state index contributed by atoms with van der Waals surface area (Å²) in [6.45, 7) is 6.64. The minimum atomic E-state index is 0.145. The van der Waals surface area contributed by atoms with Crippen LogP contribution in [0.15, 0.2) is 18.6 Å². The summed E-state index contributed by atoms with van der Waals surface area (Å²) in [5.41, 5.74) is 2.38. The van der Waals surface area contributed by atoms with Gasteiger partial charge in [0, 0.05) is 18.3 Å². The SMILES string of the molecule is CC(C)(C)c1cnc2cnc(C3CC3)n2c1. The van der Waals surface area contributed by atoms with E-state index in [2.05, 4.69) is 41.3 Å². The average Bonchev–Trinajstić information content (AvgIpc) is 2.96. The molecule has 2 aromatic heterocycles. The molecule has 1 aliphatic carbocycles. The zero-order valence-electron chi connectivity index (χ0n) is 10.1. The van der Waals surface area contributed by atoms with Gasteiger partial charge in [-0.2, -0.15) is 0 Å². The number of nitrogens with zero attached hydrogens (tertiary/aromatic N) is 3. The number of hydrogen-bond donors (Lipinski definition) is 0. The fourth-order valence-corrected chi connectivity index (χ4v) is 1.93. The molecule has 1 aliphatic rings. The maximum Gasteiger partial charge on any atom is 0.156 e. The molecule has 1 fully saturated rings. The predicted octanol–water partition coefficient (Wildman–Crippen LogP) is 2.90. The topological polar surface area (TPSA) is 30.2 Å². The lowest BCUT2D eigenvalue weighted by molar-refractivity contribution is 0.582. The Morgan fingerprint density at radius 2 is 1.94 bits per heavy atom. The van der Waals surface area contributed by atoms with Gasteiger partial charge in [0.2, 0.25) is 0 Å². The van der Waals surface area contributed by atoms with Crippen molar-refractivity contribution >= 4 is 5.65 Å². The van der Waals surface area contributed by atoms with Gasteiger partial charge >= 0.3 is 0 Å². The molecule has 1 saturated carbocycles. The van der Waals surface area contributed by atoms with Crippen molar-refractivity contribution in [3.63, 3.8) is 0 Å². The Labute approximate surface area is 95.5 Å². The highest BCUT2D eigenvalue weighted by Crippen LogP contribution is 2.39. The predicted molar refractivity (Wildman–Crippen MR) is 63.7 cm³/mol. The number of rotatable bonds is 1. The van der Waals surface area contributed by atoms with E-state index in [9.17, 15) is 0 Å². The molecule has 0 amide bonds. The minimum absolute atomic E-state index is 0.145. The Morgan fingerprint density at radius 1 is 1.19 bits per heavy atom. The summed E-state index contributed by atoms with van der Waals surface area (Å²) in [4.78, 5) is 8.96. The second-order valence-corrected chi connectivity index (χ2v) is 5.71. The van der Waals surface area contributed by atoms with Crippen molar-refractivity contribution in [2.45, 2.75) is 44.9 Å². The van der Waals surface area contributed by atoms with Gasteiger partial charge in [-0.1, -0.05) is 20.8 Å². The van der Waals surface area contributed by atoms with Gasteiger partial charge in [0.1, 0.15) is 5.82 Å². The lowest BCUT2D eigenvalue weighted by atomic mass is 9.89. The molecule has 0 atom stereocenters. The van der Waals surface area contributed by atoms with E-state index in [1.807, 2.05) is 12.4 Å². The van der Waals surface area contributed by atoms with E-state index in [4.69, 9.17) is 0 Å². The van der Waals surface area contributed by atoms with Gasteiger partial charge in [0.05, 0.1) is 6.20 Å².